The average molecular weight is 365 g/mol. The molecule has 1 aromatic heterocycles. The van der Waals surface area contributed by atoms with Crippen molar-refractivity contribution in [3.05, 3.63) is 77.3 Å². The number of hydrogen-bond acceptors (Lipinski definition) is 4. The Bertz CT molecular complexity index is 878. The fourth-order valence-corrected chi connectivity index (χ4v) is 3.15. The van der Waals surface area contributed by atoms with Crippen molar-refractivity contribution < 1.29 is 9.59 Å². The predicted octanol–water partition coefficient (Wildman–Crippen LogP) is 3.99. The van der Waals surface area contributed by atoms with Crippen molar-refractivity contribution in [1.29, 1.82) is 0 Å². The van der Waals surface area contributed by atoms with Gasteiger partial charge in [-0.15, -0.1) is 11.3 Å². The Morgan fingerprint density at radius 2 is 1.69 bits per heavy atom. The van der Waals surface area contributed by atoms with Crippen LogP contribution in [0.3, 0.4) is 0 Å². The van der Waals surface area contributed by atoms with Gasteiger partial charge in [0.05, 0.1) is 0 Å². The molecule has 0 aliphatic heterocycles. The maximum atomic E-state index is 12.5. The summed E-state index contributed by atoms with van der Waals surface area (Å²) < 4.78 is 0. The Hall–Kier alpha value is -2.99. The summed E-state index contributed by atoms with van der Waals surface area (Å²) in [6.45, 7) is 0. The van der Waals surface area contributed by atoms with E-state index in [0.717, 1.165) is 11.3 Å². The van der Waals surface area contributed by atoms with Crippen LogP contribution in [-0.4, -0.2) is 23.8 Å². The van der Waals surface area contributed by atoms with Gasteiger partial charge in [0.1, 0.15) is 5.69 Å². The van der Waals surface area contributed by atoms with Crippen LogP contribution in [0.2, 0.25) is 0 Å². The van der Waals surface area contributed by atoms with Gasteiger partial charge in [0, 0.05) is 24.5 Å². The molecule has 3 rings (SSSR count). The molecule has 0 saturated heterocycles. The Labute approximate surface area is 156 Å². The summed E-state index contributed by atoms with van der Waals surface area (Å²) in [5.74, 6) is -0.323. The summed E-state index contributed by atoms with van der Waals surface area (Å²) >= 11 is 1.25. The number of benzene rings is 2. The molecule has 0 fully saturated rings. The van der Waals surface area contributed by atoms with Gasteiger partial charge in [-0.25, -0.2) is 4.98 Å². The summed E-state index contributed by atoms with van der Waals surface area (Å²) in [5, 5.41) is 4.86. The van der Waals surface area contributed by atoms with Gasteiger partial charge in [0.25, 0.3) is 5.91 Å². The van der Waals surface area contributed by atoms with E-state index in [9.17, 15) is 9.59 Å². The molecule has 0 saturated carbocycles. The minimum atomic E-state index is -0.211. The first kappa shape index (κ1) is 17.8. The van der Waals surface area contributed by atoms with Crippen LogP contribution in [0.15, 0.2) is 66.0 Å². The molecule has 0 aliphatic carbocycles. The van der Waals surface area contributed by atoms with E-state index < -0.39 is 0 Å². The molecule has 0 atom stereocenters. The second-order valence-corrected chi connectivity index (χ2v) is 6.63. The van der Waals surface area contributed by atoms with Crippen molar-refractivity contribution in [2.24, 2.45) is 0 Å². The lowest BCUT2D eigenvalue weighted by atomic mass is 10.1. The van der Waals surface area contributed by atoms with E-state index in [0.29, 0.717) is 23.7 Å². The first-order valence-corrected chi connectivity index (χ1v) is 9.14. The highest BCUT2D eigenvalue weighted by atomic mass is 32.1. The van der Waals surface area contributed by atoms with E-state index in [1.54, 1.807) is 12.4 Å². The van der Waals surface area contributed by atoms with E-state index in [-0.39, 0.29) is 11.8 Å². The van der Waals surface area contributed by atoms with Crippen LogP contribution in [0.5, 0.6) is 0 Å². The molecule has 2 amide bonds. The van der Waals surface area contributed by atoms with Crippen LogP contribution >= 0.6 is 11.3 Å². The lowest BCUT2D eigenvalue weighted by Gasteiger charge is -2.15. The predicted molar refractivity (Wildman–Crippen MR) is 105 cm³/mol. The molecule has 0 unspecified atom stereocenters. The smallest absolute Gasteiger partial charge is 0.277 e. The van der Waals surface area contributed by atoms with E-state index in [2.05, 4.69) is 10.3 Å². The molecule has 5 nitrogen and oxygen atoms in total. The van der Waals surface area contributed by atoms with Gasteiger partial charge >= 0.3 is 0 Å². The average Bonchev–Trinajstić information content (AvgIpc) is 3.15. The van der Waals surface area contributed by atoms with Crippen LogP contribution in [-0.2, 0) is 11.2 Å². The summed E-state index contributed by atoms with van der Waals surface area (Å²) in [7, 11) is 1.70. The minimum Gasteiger partial charge on any atom is -0.310 e. The first-order valence-electron chi connectivity index (χ1n) is 8.26. The van der Waals surface area contributed by atoms with Crippen LogP contribution in [0.4, 0.5) is 10.8 Å². The van der Waals surface area contributed by atoms with Gasteiger partial charge in [0.2, 0.25) is 5.91 Å². The molecule has 1 heterocycles. The fraction of sp³-hybridized carbons (Fsp3) is 0.150. The van der Waals surface area contributed by atoms with Gasteiger partial charge in [-0.1, -0.05) is 48.5 Å². The number of aromatic nitrogens is 1. The quantitative estimate of drug-likeness (QED) is 0.718. The molecule has 0 bridgehead atoms. The zero-order valence-electron chi connectivity index (χ0n) is 14.4. The number of thiazole rings is 1. The number of nitrogens with zero attached hydrogens (tertiary/aromatic N) is 2. The number of carbonyl (C=O) groups excluding carboxylic acids is 2. The van der Waals surface area contributed by atoms with Crippen molar-refractivity contribution >= 4 is 34.0 Å². The van der Waals surface area contributed by atoms with Gasteiger partial charge < -0.3 is 10.2 Å². The Balaban J connectivity index is 1.57. The van der Waals surface area contributed by atoms with Crippen molar-refractivity contribution in [3.63, 3.8) is 0 Å². The second-order valence-electron chi connectivity index (χ2n) is 5.77. The summed E-state index contributed by atoms with van der Waals surface area (Å²) in [5.41, 5.74) is 2.22. The molecular formula is C20H19N3O2S. The Morgan fingerprint density at radius 1 is 1.04 bits per heavy atom. The van der Waals surface area contributed by atoms with Crippen LogP contribution in [0, 0.1) is 0 Å². The van der Waals surface area contributed by atoms with Gasteiger partial charge in [-0.2, -0.15) is 0 Å². The highest BCUT2D eigenvalue weighted by molar-refractivity contribution is 7.14. The molecule has 1 N–H and O–H groups in total. The first-order chi connectivity index (χ1) is 12.6. The van der Waals surface area contributed by atoms with Gasteiger partial charge in [-0.3, -0.25) is 9.59 Å². The zero-order valence-corrected chi connectivity index (χ0v) is 15.2. The third kappa shape index (κ3) is 4.55. The van der Waals surface area contributed by atoms with E-state index in [1.807, 2.05) is 60.7 Å². The van der Waals surface area contributed by atoms with Crippen molar-refractivity contribution in [2.75, 3.05) is 17.3 Å². The fourth-order valence-electron chi connectivity index (χ4n) is 2.45. The highest BCUT2D eigenvalue weighted by Gasteiger charge is 2.17. The SMILES string of the molecule is CN(C(=O)c1csc(NC(=O)CCc2ccccc2)n1)c1ccccc1. The highest BCUT2D eigenvalue weighted by Crippen LogP contribution is 2.20. The summed E-state index contributed by atoms with van der Waals surface area (Å²) in [6, 6.07) is 19.2. The molecule has 0 aliphatic rings. The topological polar surface area (TPSA) is 62.3 Å². The van der Waals surface area contributed by atoms with Crippen LogP contribution in [0.25, 0.3) is 0 Å². The molecular weight excluding hydrogens is 346 g/mol. The van der Waals surface area contributed by atoms with Gasteiger partial charge in [-0.05, 0) is 24.1 Å². The standard InChI is InChI=1S/C20H19N3O2S/c1-23(16-10-6-3-7-11-16)19(25)17-14-26-20(21-17)22-18(24)13-12-15-8-4-2-5-9-15/h2-11,14H,12-13H2,1H3,(H,21,22,24). The lowest BCUT2D eigenvalue weighted by molar-refractivity contribution is -0.116. The third-order valence-electron chi connectivity index (χ3n) is 3.90. The van der Waals surface area contributed by atoms with Crippen LogP contribution < -0.4 is 10.2 Å². The van der Waals surface area contributed by atoms with Crippen molar-refractivity contribution in [1.82, 2.24) is 4.98 Å². The number of para-hydroxylation sites is 1. The Morgan fingerprint density at radius 3 is 2.38 bits per heavy atom. The summed E-state index contributed by atoms with van der Waals surface area (Å²) in [6.07, 6.45) is 1.04. The summed E-state index contributed by atoms with van der Waals surface area (Å²) in [4.78, 5) is 30.4. The molecule has 26 heavy (non-hydrogen) atoms. The molecule has 0 radical (unpaired) electrons. The largest absolute Gasteiger partial charge is 0.310 e. The monoisotopic (exact) mass is 365 g/mol. The minimum absolute atomic E-state index is 0.112. The third-order valence-corrected chi connectivity index (χ3v) is 4.66. The maximum Gasteiger partial charge on any atom is 0.277 e. The molecule has 6 heteroatoms. The number of nitrogens with one attached hydrogen (secondary N) is 1. The molecule has 3 aromatic rings. The number of aryl methyl sites for hydroxylation is 1. The van der Waals surface area contributed by atoms with Gasteiger partial charge in [0.15, 0.2) is 5.13 Å². The maximum absolute atomic E-state index is 12.5. The van der Waals surface area contributed by atoms with Crippen molar-refractivity contribution in [3.8, 4) is 0 Å². The van der Waals surface area contributed by atoms with E-state index >= 15 is 0 Å². The number of anilines is 2. The van der Waals surface area contributed by atoms with E-state index in [1.165, 1.54) is 16.2 Å². The number of amides is 2. The second kappa shape index (κ2) is 8.40. The Kier molecular flexibility index (Phi) is 5.76. The molecule has 2 aromatic carbocycles. The number of rotatable bonds is 6. The number of hydrogen-bond donors (Lipinski definition) is 1. The lowest BCUT2D eigenvalue weighted by Crippen LogP contribution is -2.26. The molecule has 132 valence electrons. The zero-order chi connectivity index (χ0) is 18.4. The van der Waals surface area contributed by atoms with E-state index in [4.69, 9.17) is 0 Å². The molecule has 0 spiro atoms. The normalized spacial score (nSPS) is 10.3. The van der Waals surface area contributed by atoms with Crippen LogP contribution in [0.1, 0.15) is 22.5 Å². The van der Waals surface area contributed by atoms with Crippen molar-refractivity contribution in [2.45, 2.75) is 12.8 Å². The number of carbonyl (C=O) groups is 2.